The zero-order valence-electron chi connectivity index (χ0n) is 10.9. The first-order chi connectivity index (χ1) is 8.21. The van der Waals surface area contributed by atoms with Gasteiger partial charge in [-0.25, -0.2) is 0 Å². The van der Waals surface area contributed by atoms with E-state index >= 15 is 0 Å². The minimum Gasteiger partial charge on any atom is -0.369 e. The Morgan fingerprint density at radius 2 is 1.71 bits per heavy atom. The van der Waals surface area contributed by atoms with Crippen LogP contribution in [0.3, 0.4) is 0 Å². The van der Waals surface area contributed by atoms with Crippen molar-refractivity contribution in [2.75, 3.05) is 18.0 Å². The molecule has 0 radical (unpaired) electrons. The highest BCUT2D eigenvalue weighted by Crippen LogP contribution is 2.43. The van der Waals surface area contributed by atoms with Gasteiger partial charge in [0.15, 0.2) is 0 Å². The molecule has 1 heterocycles. The Labute approximate surface area is 113 Å². The average Bonchev–Trinajstić information content (AvgIpc) is 2.26. The van der Waals surface area contributed by atoms with Crippen LogP contribution in [0.15, 0.2) is 28.7 Å². The largest absolute Gasteiger partial charge is 0.369 e. The van der Waals surface area contributed by atoms with E-state index < -0.39 is 0 Å². The maximum absolute atomic E-state index is 3.65. The van der Waals surface area contributed by atoms with Crippen molar-refractivity contribution in [1.82, 2.24) is 0 Å². The quantitative estimate of drug-likeness (QED) is 0.750. The van der Waals surface area contributed by atoms with E-state index in [0.29, 0.717) is 5.41 Å². The molecule has 1 aromatic carbocycles. The second-order valence-corrected chi connectivity index (χ2v) is 6.16. The molecule has 1 saturated heterocycles. The summed E-state index contributed by atoms with van der Waals surface area (Å²) in [6, 6.07) is 8.55. The first kappa shape index (κ1) is 12.9. The van der Waals surface area contributed by atoms with E-state index in [-0.39, 0.29) is 0 Å². The molecule has 0 saturated carbocycles. The van der Waals surface area contributed by atoms with Crippen LogP contribution < -0.4 is 4.90 Å². The summed E-state index contributed by atoms with van der Waals surface area (Å²) in [5, 5.41) is 0. The van der Waals surface area contributed by atoms with Crippen LogP contribution in [0.5, 0.6) is 0 Å². The Morgan fingerprint density at radius 1 is 1.12 bits per heavy atom. The molecular formula is C15H22BrN. The lowest BCUT2D eigenvalue weighted by atomic mass is 9.72. The monoisotopic (exact) mass is 295 g/mol. The molecule has 0 bridgehead atoms. The number of anilines is 1. The van der Waals surface area contributed by atoms with Gasteiger partial charge in [-0.3, -0.25) is 0 Å². The molecule has 1 aliphatic rings. The Balaban J connectivity index is 2.03. The van der Waals surface area contributed by atoms with Crippen LogP contribution >= 0.6 is 15.9 Å². The highest BCUT2D eigenvalue weighted by Gasteiger charge is 2.41. The number of hydrogen-bond acceptors (Lipinski definition) is 1. The number of hydrogen-bond donors (Lipinski definition) is 0. The maximum atomic E-state index is 3.65. The molecule has 0 aromatic heterocycles. The van der Waals surface area contributed by atoms with Gasteiger partial charge in [0.1, 0.15) is 0 Å². The Morgan fingerprint density at radius 3 is 2.24 bits per heavy atom. The van der Waals surface area contributed by atoms with Gasteiger partial charge in [-0.2, -0.15) is 0 Å². The first-order valence-electron chi connectivity index (χ1n) is 6.70. The van der Waals surface area contributed by atoms with E-state index in [1.54, 1.807) is 0 Å². The average molecular weight is 296 g/mol. The van der Waals surface area contributed by atoms with Crippen LogP contribution in [0.2, 0.25) is 0 Å². The van der Waals surface area contributed by atoms with Gasteiger partial charge in [0.05, 0.1) is 5.69 Å². The lowest BCUT2D eigenvalue weighted by Gasteiger charge is -2.52. The molecule has 1 nitrogen and oxygen atoms in total. The fourth-order valence-corrected chi connectivity index (χ4v) is 3.68. The fraction of sp³-hybridized carbons (Fsp3) is 0.600. The summed E-state index contributed by atoms with van der Waals surface area (Å²) in [7, 11) is 0. The molecule has 1 fully saturated rings. The second-order valence-electron chi connectivity index (χ2n) is 5.31. The first-order valence-corrected chi connectivity index (χ1v) is 7.49. The lowest BCUT2D eigenvalue weighted by Crippen LogP contribution is -2.56. The molecule has 2 heteroatoms. The number of para-hydroxylation sites is 1. The standard InChI is InChI=1S/C15H22BrN/c1-3-9-15(10-4-2)11-17(12-15)14-8-6-5-7-13(14)16/h5-8H,3-4,9-12H2,1-2H3. The van der Waals surface area contributed by atoms with Crippen LogP contribution in [-0.4, -0.2) is 13.1 Å². The SMILES string of the molecule is CCCC1(CCC)CN(c2ccccc2Br)C1. The molecule has 2 rings (SSSR count). The summed E-state index contributed by atoms with van der Waals surface area (Å²) in [4.78, 5) is 2.51. The number of benzene rings is 1. The van der Waals surface area contributed by atoms with Gasteiger partial charge in [0.25, 0.3) is 0 Å². The summed E-state index contributed by atoms with van der Waals surface area (Å²) < 4.78 is 1.22. The predicted octanol–water partition coefficient (Wildman–Crippen LogP) is 4.86. The zero-order valence-corrected chi connectivity index (χ0v) is 12.5. The van der Waals surface area contributed by atoms with E-state index in [0.717, 1.165) is 0 Å². The molecule has 94 valence electrons. The van der Waals surface area contributed by atoms with Gasteiger partial charge in [0, 0.05) is 23.0 Å². The van der Waals surface area contributed by atoms with Crippen molar-refractivity contribution >= 4 is 21.6 Å². The van der Waals surface area contributed by atoms with E-state index in [9.17, 15) is 0 Å². The molecule has 0 amide bonds. The predicted molar refractivity (Wildman–Crippen MR) is 78.6 cm³/mol. The van der Waals surface area contributed by atoms with E-state index in [4.69, 9.17) is 0 Å². The van der Waals surface area contributed by atoms with Crippen molar-refractivity contribution in [3.8, 4) is 0 Å². The highest BCUT2D eigenvalue weighted by molar-refractivity contribution is 9.10. The molecule has 17 heavy (non-hydrogen) atoms. The van der Waals surface area contributed by atoms with Crippen LogP contribution in [-0.2, 0) is 0 Å². The van der Waals surface area contributed by atoms with Crippen molar-refractivity contribution in [3.63, 3.8) is 0 Å². The molecule has 0 spiro atoms. The maximum Gasteiger partial charge on any atom is 0.0511 e. The van der Waals surface area contributed by atoms with E-state index in [1.165, 1.54) is 48.9 Å². The molecule has 0 N–H and O–H groups in total. The summed E-state index contributed by atoms with van der Waals surface area (Å²) in [6.07, 6.45) is 5.37. The van der Waals surface area contributed by atoms with E-state index in [1.807, 2.05) is 0 Å². The summed E-state index contributed by atoms with van der Waals surface area (Å²) in [5.41, 5.74) is 1.95. The summed E-state index contributed by atoms with van der Waals surface area (Å²) in [5.74, 6) is 0. The van der Waals surface area contributed by atoms with Gasteiger partial charge in [-0.05, 0) is 40.9 Å². The van der Waals surface area contributed by atoms with Crippen molar-refractivity contribution < 1.29 is 0 Å². The fourth-order valence-electron chi connectivity index (χ4n) is 3.14. The molecule has 1 aliphatic heterocycles. The van der Waals surface area contributed by atoms with Gasteiger partial charge < -0.3 is 4.90 Å². The molecule has 0 atom stereocenters. The number of halogens is 1. The third kappa shape index (κ3) is 2.67. The normalized spacial score (nSPS) is 17.9. The van der Waals surface area contributed by atoms with Crippen LogP contribution in [0, 0.1) is 5.41 Å². The lowest BCUT2D eigenvalue weighted by molar-refractivity contribution is 0.173. The minimum absolute atomic E-state index is 0.596. The van der Waals surface area contributed by atoms with Gasteiger partial charge in [-0.1, -0.05) is 38.8 Å². The van der Waals surface area contributed by atoms with Crippen molar-refractivity contribution in [2.24, 2.45) is 5.41 Å². The van der Waals surface area contributed by atoms with Crippen molar-refractivity contribution in [2.45, 2.75) is 39.5 Å². The van der Waals surface area contributed by atoms with E-state index in [2.05, 4.69) is 58.9 Å². The Hall–Kier alpha value is -0.500. The van der Waals surface area contributed by atoms with Crippen LogP contribution in [0.1, 0.15) is 39.5 Å². The zero-order chi connectivity index (χ0) is 12.3. The molecule has 0 aliphatic carbocycles. The highest BCUT2D eigenvalue weighted by atomic mass is 79.9. The second kappa shape index (κ2) is 5.43. The number of rotatable bonds is 5. The molecule has 0 unspecified atom stereocenters. The topological polar surface area (TPSA) is 3.24 Å². The third-order valence-electron chi connectivity index (χ3n) is 3.81. The minimum atomic E-state index is 0.596. The summed E-state index contributed by atoms with van der Waals surface area (Å²) in [6.45, 7) is 7.07. The third-order valence-corrected chi connectivity index (χ3v) is 4.48. The van der Waals surface area contributed by atoms with Crippen molar-refractivity contribution in [1.29, 1.82) is 0 Å². The number of nitrogens with zero attached hydrogens (tertiary/aromatic N) is 1. The van der Waals surface area contributed by atoms with Crippen molar-refractivity contribution in [3.05, 3.63) is 28.7 Å². The van der Waals surface area contributed by atoms with Crippen LogP contribution in [0.25, 0.3) is 0 Å². The van der Waals surface area contributed by atoms with Gasteiger partial charge in [-0.15, -0.1) is 0 Å². The van der Waals surface area contributed by atoms with Crippen LogP contribution in [0.4, 0.5) is 5.69 Å². The molecular weight excluding hydrogens is 274 g/mol. The smallest absolute Gasteiger partial charge is 0.0511 e. The summed E-state index contributed by atoms with van der Waals surface area (Å²) >= 11 is 3.65. The molecule has 1 aromatic rings. The Bertz CT molecular complexity index is 361. The van der Waals surface area contributed by atoms with Gasteiger partial charge >= 0.3 is 0 Å². The van der Waals surface area contributed by atoms with Gasteiger partial charge in [0.2, 0.25) is 0 Å². The Kier molecular flexibility index (Phi) is 4.13.